The highest BCUT2D eigenvalue weighted by Crippen LogP contribution is 2.37. The monoisotopic (exact) mass is 287 g/mol. The van der Waals surface area contributed by atoms with Crippen LogP contribution in [0, 0.1) is 0 Å². The molecule has 21 heavy (non-hydrogen) atoms. The molecular formula is C18H29N3. The molecular weight excluding hydrogens is 258 g/mol. The summed E-state index contributed by atoms with van der Waals surface area (Å²) < 4.78 is 0. The maximum Gasteiger partial charge on any atom is 0.0368 e. The quantitative estimate of drug-likeness (QED) is 0.901. The zero-order chi connectivity index (χ0) is 15.1. The van der Waals surface area contributed by atoms with Crippen LogP contribution >= 0.6 is 0 Å². The Morgan fingerprint density at radius 3 is 2.19 bits per heavy atom. The molecule has 3 nitrogen and oxygen atoms in total. The van der Waals surface area contributed by atoms with Gasteiger partial charge in [-0.25, -0.2) is 0 Å². The summed E-state index contributed by atoms with van der Waals surface area (Å²) in [4.78, 5) is 4.74. The van der Waals surface area contributed by atoms with Crippen molar-refractivity contribution < 1.29 is 0 Å². The summed E-state index contributed by atoms with van der Waals surface area (Å²) in [5.41, 5.74) is 3.15. The molecule has 0 unspecified atom stereocenters. The molecule has 1 aromatic rings. The average molecular weight is 287 g/mol. The first-order chi connectivity index (χ1) is 9.89. The van der Waals surface area contributed by atoms with Crippen LogP contribution in [0.15, 0.2) is 24.3 Å². The third-order valence-electron chi connectivity index (χ3n) is 4.98. The van der Waals surface area contributed by atoms with Gasteiger partial charge >= 0.3 is 0 Å². The Bertz CT molecular complexity index is 484. The predicted octanol–water partition coefficient (Wildman–Crippen LogP) is 3.25. The minimum Gasteiger partial charge on any atom is -0.378 e. The van der Waals surface area contributed by atoms with Gasteiger partial charge in [0, 0.05) is 49.6 Å². The van der Waals surface area contributed by atoms with Crippen LogP contribution in [0.5, 0.6) is 0 Å². The highest BCUT2D eigenvalue weighted by Gasteiger charge is 2.44. The highest BCUT2D eigenvalue weighted by molar-refractivity contribution is 5.56. The van der Waals surface area contributed by atoms with Gasteiger partial charge in [0.2, 0.25) is 0 Å². The lowest BCUT2D eigenvalue weighted by atomic mass is 9.87. The first-order valence-corrected chi connectivity index (χ1v) is 8.21. The summed E-state index contributed by atoms with van der Waals surface area (Å²) in [6.07, 6.45) is 5.39. The number of piperazine rings is 1. The van der Waals surface area contributed by atoms with Crippen molar-refractivity contribution in [2.75, 3.05) is 37.0 Å². The Morgan fingerprint density at radius 2 is 1.62 bits per heavy atom. The van der Waals surface area contributed by atoms with Crippen molar-refractivity contribution >= 4 is 11.4 Å². The molecule has 1 spiro atoms. The number of nitrogens with zero attached hydrogens (tertiary/aromatic N) is 2. The van der Waals surface area contributed by atoms with Gasteiger partial charge in [0.1, 0.15) is 0 Å². The predicted molar refractivity (Wildman–Crippen MR) is 91.4 cm³/mol. The first kappa shape index (κ1) is 14.7. The van der Waals surface area contributed by atoms with Gasteiger partial charge < -0.3 is 15.1 Å². The highest BCUT2D eigenvalue weighted by atomic mass is 15.3. The molecule has 2 fully saturated rings. The topological polar surface area (TPSA) is 18.5 Å². The standard InChI is InChI=1S/C18H29N3/c1-17(2)13-21(14-18(19-17)11-5-6-12-18)16-9-7-15(8-10-16)20(3)4/h7-10,19H,5-6,11-14H2,1-4H3. The fourth-order valence-electron chi connectivity index (χ4n) is 4.17. The molecule has 0 amide bonds. The molecule has 0 aromatic heterocycles. The van der Waals surface area contributed by atoms with Gasteiger partial charge in [-0.05, 0) is 51.0 Å². The van der Waals surface area contributed by atoms with E-state index in [1.54, 1.807) is 0 Å². The van der Waals surface area contributed by atoms with Crippen LogP contribution in [0.3, 0.4) is 0 Å². The van der Waals surface area contributed by atoms with Gasteiger partial charge in [-0.1, -0.05) is 12.8 Å². The molecule has 3 heteroatoms. The number of nitrogens with one attached hydrogen (secondary N) is 1. The molecule has 1 saturated carbocycles. The Hall–Kier alpha value is -1.22. The second-order valence-corrected chi connectivity index (χ2v) is 7.76. The Kier molecular flexibility index (Phi) is 3.64. The van der Waals surface area contributed by atoms with E-state index in [4.69, 9.17) is 0 Å². The average Bonchev–Trinajstić information content (AvgIpc) is 2.84. The van der Waals surface area contributed by atoms with E-state index in [1.165, 1.54) is 37.1 Å². The van der Waals surface area contributed by atoms with Crippen molar-refractivity contribution in [3.05, 3.63) is 24.3 Å². The second kappa shape index (κ2) is 5.20. The van der Waals surface area contributed by atoms with Crippen LogP contribution in [0.4, 0.5) is 11.4 Å². The maximum absolute atomic E-state index is 3.95. The van der Waals surface area contributed by atoms with Gasteiger partial charge in [0.05, 0.1) is 0 Å². The van der Waals surface area contributed by atoms with Crippen molar-refractivity contribution in [2.24, 2.45) is 0 Å². The lowest BCUT2D eigenvalue weighted by molar-refractivity contribution is 0.197. The molecule has 1 heterocycles. The van der Waals surface area contributed by atoms with Gasteiger partial charge in [-0.15, -0.1) is 0 Å². The van der Waals surface area contributed by atoms with Crippen LogP contribution in [-0.4, -0.2) is 38.3 Å². The van der Waals surface area contributed by atoms with Crippen molar-refractivity contribution in [3.63, 3.8) is 0 Å². The van der Waals surface area contributed by atoms with E-state index in [2.05, 4.69) is 67.3 Å². The van der Waals surface area contributed by atoms with Crippen molar-refractivity contribution in [3.8, 4) is 0 Å². The van der Waals surface area contributed by atoms with Gasteiger partial charge in [-0.2, -0.15) is 0 Å². The van der Waals surface area contributed by atoms with E-state index in [0.717, 1.165) is 13.1 Å². The van der Waals surface area contributed by atoms with Crippen molar-refractivity contribution in [2.45, 2.75) is 50.6 Å². The molecule has 1 aromatic carbocycles. The number of benzene rings is 1. The number of hydrogen-bond donors (Lipinski definition) is 1. The summed E-state index contributed by atoms with van der Waals surface area (Å²) in [6, 6.07) is 9.01. The van der Waals surface area contributed by atoms with E-state index in [9.17, 15) is 0 Å². The van der Waals surface area contributed by atoms with Crippen molar-refractivity contribution in [1.29, 1.82) is 0 Å². The van der Waals surface area contributed by atoms with E-state index in [-0.39, 0.29) is 5.54 Å². The Labute approximate surface area is 129 Å². The zero-order valence-corrected chi connectivity index (χ0v) is 13.9. The summed E-state index contributed by atoms with van der Waals surface area (Å²) in [5.74, 6) is 0. The van der Waals surface area contributed by atoms with E-state index < -0.39 is 0 Å². The van der Waals surface area contributed by atoms with Crippen LogP contribution < -0.4 is 15.1 Å². The lowest BCUT2D eigenvalue weighted by Crippen LogP contribution is -2.68. The fourth-order valence-corrected chi connectivity index (χ4v) is 4.17. The summed E-state index contributed by atoms with van der Waals surface area (Å²) >= 11 is 0. The minimum absolute atomic E-state index is 0.183. The van der Waals surface area contributed by atoms with Gasteiger partial charge in [-0.3, -0.25) is 0 Å². The van der Waals surface area contributed by atoms with Gasteiger partial charge in [0.15, 0.2) is 0 Å². The molecule has 0 radical (unpaired) electrons. The van der Waals surface area contributed by atoms with E-state index in [0.29, 0.717) is 5.54 Å². The zero-order valence-electron chi connectivity index (χ0n) is 13.9. The van der Waals surface area contributed by atoms with E-state index in [1.807, 2.05) is 0 Å². The molecule has 1 saturated heterocycles. The van der Waals surface area contributed by atoms with Crippen LogP contribution in [-0.2, 0) is 0 Å². The smallest absolute Gasteiger partial charge is 0.0368 e. The van der Waals surface area contributed by atoms with Gasteiger partial charge in [0.25, 0.3) is 0 Å². The minimum atomic E-state index is 0.183. The molecule has 2 aliphatic rings. The number of hydrogen-bond acceptors (Lipinski definition) is 3. The summed E-state index contributed by atoms with van der Waals surface area (Å²) in [6.45, 7) is 6.91. The van der Waals surface area contributed by atoms with Crippen LogP contribution in [0.1, 0.15) is 39.5 Å². The third kappa shape index (κ3) is 3.03. The molecule has 1 aliphatic carbocycles. The number of rotatable bonds is 2. The molecule has 0 atom stereocenters. The second-order valence-electron chi connectivity index (χ2n) is 7.76. The largest absolute Gasteiger partial charge is 0.378 e. The molecule has 3 rings (SSSR count). The first-order valence-electron chi connectivity index (χ1n) is 8.21. The van der Waals surface area contributed by atoms with E-state index >= 15 is 0 Å². The lowest BCUT2D eigenvalue weighted by Gasteiger charge is -2.51. The summed E-state index contributed by atoms with van der Waals surface area (Å²) in [5, 5.41) is 3.95. The SMILES string of the molecule is CN(C)c1ccc(N2CC(C)(C)NC3(CCCC3)C2)cc1. The molecule has 116 valence electrons. The Morgan fingerprint density at radius 1 is 1.00 bits per heavy atom. The third-order valence-corrected chi connectivity index (χ3v) is 4.98. The van der Waals surface area contributed by atoms with Crippen LogP contribution in [0.2, 0.25) is 0 Å². The molecule has 0 bridgehead atoms. The number of anilines is 2. The maximum atomic E-state index is 3.95. The summed E-state index contributed by atoms with van der Waals surface area (Å²) in [7, 11) is 4.19. The normalized spacial score (nSPS) is 23.5. The van der Waals surface area contributed by atoms with Crippen LogP contribution in [0.25, 0.3) is 0 Å². The molecule has 1 aliphatic heterocycles. The van der Waals surface area contributed by atoms with Crippen molar-refractivity contribution in [1.82, 2.24) is 5.32 Å². The molecule has 1 N–H and O–H groups in total. The Balaban J connectivity index is 1.83. The fraction of sp³-hybridized carbons (Fsp3) is 0.667.